The van der Waals surface area contributed by atoms with Crippen LogP contribution in [0.1, 0.15) is 52.4 Å². The van der Waals surface area contributed by atoms with Crippen molar-refractivity contribution in [3.63, 3.8) is 0 Å². The molecule has 1 saturated heterocycles. The van der Waals surface area contributed by atoms with E-state index in [2.05, 4.69) is 42.9 Å². The second kappa shape index (κ2) is 6.82. The molecule has 2 nitrogen and oxygen atoms in total. The number of thioether (sulfide) groups is 1. The molecule has 0 aromatic carbocycles. The van der Waals surface area contributed by atoms with Gasteiger partial charge in [0.25, 0.3) is 0 Å². The molecular weight excluding hydrogens is 252 g/mol. The molecule has 0 atom stereocenters. The van der Waals surface area contributed by atoms with Gasteiger partial charge in [-0.15, -0.1) is 0 Å². The highest BCUT2D eigenvalue weighted by Gasteiger charge is 2.35. The summed E-state index contributed by atoms with van der Waals surface area (Å²) in [5.74, 6) is 1.31. The van der Waals surface area contributed by atoms with Crippen molar-refractivity contribution >= 4 is 11.8 Å². The van der Waals surface area contributed by atoms with E-state index in [0.29, 0.717) is 10.2 Å². The van der Waals surface area contributed by atoms with E-state index < -0.39 is 0 Å². The van der Waals surface area contributed by atoms with E-state index >= 15 is 0 Å². The molecule has 2 fully saturated rings. The molecule has 1 N–H and O–H groups in total. The lowest BCUT2D eigenvalue weighted by Crippen LogP contribution is -2.50. The molecule has 1 heterocycles. The third-order valence-electron chi connectivity index (χ3n) is 4.78. The molecule has 3 heteroatoms. The predicted octanol–water partition coefficient (Wildman–Crippen LogP) is 3.37. The Morgan fingerprint density at radius 2 is 1.79 bits per heavy atom. The first-order valence-corrected chi connectivity index (χ1v) is 9.05. The van der Waals surface area contributed by atoms with Crippen LogP contribution in [0.5, 0.6) is 0 Å². The quantitative estimate of drug-likeness (QED) is 0.797. The second-order valence-electron chi connectivity index (χ2n) is 7.26. The first kappa shape index (κ1) is 15.7. The Bertz CT molecular complexity index is 270. The minimum atomic E-state index is 0.448. The van der Waals surface area contributed by atoms with Gasteiger partial charge in [-0.3, -0.25) is 0 Å². The van der Waals surface area contributed by atoms with Crippen LogP contribution in [0.4, 0.5) is 0 Å². The summed E-state index contributed by atoms with van der Waals surface area (Å²) in [5.41, 5.74) is 0.545. The molecule has 0 bridgehead atoms. The summed E-state index contributed by atoms with van der Waals surface area (Å²) < 4.78 is 0.448. The molecule has 0 spiro atoms. The van der Waals surface area contributed by atoms with Crippen molar-refractivity contribution in [2.45, 2.75) is 57.1 Å². The SMILES string of the molecule is CNCC1(CN2CCSC(C)(C)C2)CCCCCC1. The fourth-order valence-electron chi connectivity index (χ4n) is 3.97. The Kier molecular flexibility index (Phi) is 5.62. The average molecular weight is 285 g/mol. The lowest BCUT2D eigenvalue weighted by Gasteiger charge is -2.43. The number of hydrogen-bond donors (Lipinski definition) is 1. The minimum Gasteiger partial charge on any atom is -0.319 e. The van der Waals surface area contributed by atoms with Crippen molar-refractivity contribution < 1.29 is 0 Å². The van der Waals surface area contributed by atoms with Crippen LogP contribution >= 0.6 is 11.8 Å². The molecule has 2 aliphatic rings. The van der Waals surface area contributed by atoms with Gasteiger partial charge in [-0.1, -0.05) is 25.7 Å². The Labute approximate surface area is 124 Å². The summed E-state index contributed by atoms with van der Waals surface area (Å²) in [6.45, 7) is 9.89. The van der Waals surface area contributed by atoms with Gasteiger partial charge in [-0.2, -0.15) is 11.8 Å². The monoisotopic (exact) mass is 284 g/mol. The van der Waals surface area contributed by atoms with Gasteiger partial charge in [0.1, 0.15) is 0 Å². The third kappa shape index (κ3) is 4.64. The van der Waals surface area contributed by atoms with E-state index in [1.165, 1.54) is 70.5 Å². The van der Waals surface area contributed by atoms with Gasteiger partial charge in [0.15, 0.2) is 0 Å². The maximum atomic E-state index is 3.48. The van der Waals surface area contributed by atoms with Gasteiger partial charge in [-0.25, -0.2) is 0 Å². The van der Waals surface area contributed by atoms with E-state index in [0.717, 1.165) is 0 Å². The van der Waals surface area contributed by atoms with Crippen molar-refractivity contribution in [1.29, 1.82) is 0 Å². The van der Waals surface area contributed by atoms with Crippen LogP contribution in [0.25, 0.3) is 0 Å². The lowest BCUT2D eigenvalue weighted by atomic mass is 9.79. The highest BCUT2D eigenvalue weighted by atomic mass is 32.2. The molecule has 0 aromatic rings. The fourth-order valence-corrected chi connectivity index (χ4v) is 5.14. The molecule has 1 saturated carbocycles. The van der Waals surface area contributed by atoms with Crippen LogP contribution < -0.4 is 5.32 Å². The maximum Gasteiger partial charge on any atom is 0.0231 e. The first-order valence-electron chi connectivity index (χ1n) is 8.06. The second-order valence-corrected chi connectivity index (χ2v) is 9.07. The maximum absolute atomic E-state index is 3.48. The molecule has 0 unspecified atom stereocenters. The van der Waals surface area contributed by atoms with Gasteiger partial charge in [0.05, 0.1) is 0 Å². The van der Waals surface area contributed by atoms with Crippen LogP contribution in [0, 0.1) is 5.41 Å². The molecule has 0 amide bonds. The van der Waals surface area contributed by atoms with Gasteiger partial charge in [0, 0.05) is 36.7 Å². The summed E-state index contributed by atoms with van der Waals surface area (Å²) in [4.78, 5) is 2.75. The smallest absolute Gasteiger partial charge is 0.0231 e. The topological polar surface area (TPSA) is 15.3 Å². The number of rotatable bonds is 4. The molecule has 2 rings (SSSR count). The number of nitrogens with one attached hydrogen (secondary N) is 1. The number of nitrogens with zero attached hydrogens (tertiary/aromatic N) is 1. The van der Waals surface area contributed by atoms with Crippen molar-refractivity contribution in [1.82, 2.24) is 10.2 Å². The van der Waals surface area contributed by atoms with Gasteiger partial charge in [-0.05, 0) is 39.2 Å². The normalized spacial score (nSPS) is 27.9. The van der Waals surface area contributed by atoms with Crippen molar-refractivity contribution in [3.8, 4) is 0 Å². The summed E-state index contributed by atoms with van der Waals surface area (Å²) >= 11 is 2.15. The van der Waals surface area contributed by atoms with Crippen LogP contribution in [0.15, 0.2) is 0 Å². The predicted molar refractivity (Wildman–Crippen MR) is 87.0 cm³/mol. The zero-order valence-electron chi connectivity index (χ0n) is 13.1. The average Bonchev–Trinajstić information content (AvgIpc) is 2.54. The minimum absolute atomic E-state index is 0.448. The molecule has 0 radical (unpaired) electrons. The zero-order chi connectivity index (χ0) is 13.8. The van der Waals surface area contributed by atoms with E-state index in [-0.39, 0.29) is 0 Å². The van der Waals surface area contributed by atoms with E-state index in [4.69, 9.17) is 0 Å². The van der Waals surface area contributed by atoms with Crippen molar-refractivity contribution in [2.75, 3.05) is 39.0 Å². The summed E-state index contributed by atoms with van der Waals surface area (Å²) in [6, 6.07) is 0. The van der Waals surface area contributed by atoms with Gasteiger partial charge >= 0.3 is 0 Å². The van der Waals surface area contributed by atoms with Crippen LogP contribution in [-0.4, -0.2) is 48.6 Å². The zero-order valence-corrected chi connectivity index (χ0v) is 14.0. The third-order valence-corrected chi connectivity index (χ3v) is 6.08. The van der Waals surface area contributed by atoms with Crippen LogP contribution in [0.3, 0.4) is 0 Å². The molecule has 1 aliphatic heterocycles. The van der Waals surface area contributed by atoms with Crippen molar-refractivity contribution in [3.05, 3.63) is 0 Å². The Balaban J connectivity index is 1.98. The van der Waals surface area contributed by atoms with E-state index in [1.54, 1.807) is 0 Å². The van der Waals surface area contributed by atoms with Crippen LogP contribution in [0.2, 0.25) is 0 Å². The summed E-state index contributed by atoms with van der Waals surface area (Å²) in [6.07, 6.45) is 8.64. The molecule has 0 aromatic heterocycles. The summed E-state index contributed by atoms with van der Waals surface area (Å²) in [7, 11) is 2.13. The first-order chi connectivity index (χ1) is 9.05. The van der Waals surface area contributed by atoms with E-state index in [1.807, 2.05) is 0 Å². The fraction of sp³-hybridized carbons (Fsp3) is 1.00. The Morgan fingerprint density at radius 3 is 2.37 bits per heavy atom. The van der Waals surface area contributed by atoms with E-state index in [9.17, 15) is 0 Å². The molecule has 112 valence electrons. The van der Waals surface area contributed by atoms with Gasteiger partial charge in [0.2, 0.25) is 0 Å². The summed E-state index contributed by atoms with van der Waals surface area (Å²) in [5, 5.41) is 3.48. The Morgan fingerprint density at radius 1 is 1.11 bits per heavy atom. The lowest BCUT2D eigenvalue weighted by molar-refractivity contribution is 0.124. The largest absolute Gasteiger partial charge is 0.319 e. The molecular formula is C16H32N2S. The number of hydrogen-bond acceptors (Lipinski definition) is 3. The Hall–Kier alpha value is 0.270. The highest BCUT2D eigenvalue weighted by Crippen LogP contribution is 2.37. The van der Waals surface area contributed by atoms with Crippen LogP contribution in [-0.2, 0) is 0 Å². The van der Waals surface area contributed by atoms with Crippen molar-refractivity contribution in [2.24, 2.45) is 5.41 Å². The standard InChI is InChI=1S/C16H32N2S/c1-15(2)13-18(10-11-19-15)14-16(12-17-3)8-6-4-5-7-9-16/h17H,4-14H2,1-3H3. The highest BCUT2D eigenvalue weighted by molar-refractivity contribution is 8.00. The van der Waals surface area contributed by atoms with Gasteiger partial charge < -0.3 is 10.2 Å². The molecule has 1 aliphatic carbocycles. The molecule has 19 heavy (non-hydrogen) atoms.